The Morgan fingerprint density at radius 2 is 1.85 bits per heavy atom. The van der Waals surface area contributed by atoms with E-state index in [1.807, 2.05) is 6.92 Å². The Bertz CT molecular complexity index is 302. The van der Waals surface area contributed by atoms with Gasteiger partial charge in [-0.2, -0.15) is 0 Å². The molecule has 1 aliphatic rings. The minimum Gasteiger partial charge on any atom is -0.323 e. The summed E-state index contributed by atoms with van der Waals surface area (Å²) in [6, 6.07) is 0.288. The first-order valence-corrected chi connectivity index (χ1v) is 8.22. The molecule has 118 valence electrons. The summed E-state index contributed by atoms with van der Waals surface area (Å²) in [5.41, 5.74) is 0. The SMILES string of the molecule is CCN(CC)CCCC(C)N1C(=O)C(C)NC1C(C)C. The van der Waals surface area contributed by atoms with Gasteiger partial charge in [-0.3, -0.25) is 10.1 Å². The molecule has 0 radical (unpaired) electrons. The minimum absolute atomic E-state index is 0.0346. The summed E-state index contributed by atoms with van der Waals surface area (Å²) < 4.78 is 0. The Hall–Kier alpha value is -0.610. The fraction of sp³-hybridized carbons (Fsp3) is 0.938. The molecule has 1 fully saturated rings. The highest BCUT2D eigenvalue weighted by molar-refractivity contribution is 5.84. The normalized spacial score (nSPS) is 25.0. The second-order valence-corrected chi connectivity index (χ2v) is 6.34. The molecule has 1 aliphatic heterocycles. The van der Waals surface area contributed by atoms with Gasteiger partial charge in [0.2, 0.25) is 5.91 Å². The first-order valence-electron chi connectivity index (χ1n) is 8.22. The van der Waals surface area contributed by atoms with E-state index in [2.05, 4.69) is 49.7 Å². The van der Waals surface area contributed by atoms with Crippen LogP contribution in [-0.4, -0.2) is 53.6 Å². The van der Waals surface area contributed by atoms with Crippen LogP contribution in [-0.2, 0) is 4.79 Å². The van der Waals surface area contributed by atoms with Crippen molar-refractivity contribution in [1.82, 2.24) is 15.1 Å². The second-order valence-electron chi connectivity index (χ2n) is 6.34. The molecule has 0 aromatic rings. The van der Waals surface area contributed by atoms with E-state index >= 15 is 0 Å². The number of rotatable bonds is 8. The van der Waals surface area contributed by atoms with Gasteiger partial charge in [-0.15, -0.1) is 0 Å². The molecule has 4 heteroatoms. The number of hydrogen-bond acceptors (Lipinski definition) is 3. The third kappa shape index (κ3) is 4.19. The maximum atomic E-state index is 12.3. The van der Waals surface area contributed by atoms with Gasteiger partial charge in [0, 0.05) is 6.04 Å². The van der Waals surface area contributed by atoms with Crippen LogP contribution in [0.5, 0.6) is 0 Å². The van der Waals surface area contributed by atoms with E-state index in [0.29, 0.717) is 12.0 Å². The molecule has 0 saturated carbocycles. The van der Waals surface area contributed by atoms with E-state index in [-0.39, 0.29) is 18.1 Å². The van der Waals surface area contributed by atoms with Gasteiger partial charge >= 0.3 is 0 Å². The summed E-state index contributed by atoms with van der Waals surface area (Å²) in [7, 11) is 0. The van der Waals surface area contributed by atoms with Crippen molar-refractivity contribution in [1.29, 1.82) is 0 Å². The van der Waals surface area contributed by atoms with Gasteiger partial charge in [0.05, 0.1) is 12.2 Å². The maximum Gasteiger partial charge on any atom is 0.240 e. The highest BCUT2D eigenvalue weighted by Gasteiger charge is 2.39. The van der Waals surface area contributed by atoms with Crippen LogP contribution in [0.25, 0.3) is 0 Å². The molecule has 4 nitrogen and oxygen atoms in total. The zero-order valence-corrected chi connectivity index (χ0v) is 14.1. The number of nitrogens with zero attached hydrogens (tertiary/aromatic N) is 2. The Labute approximate surface area is 124 Å². The number of hydrogen-bond donors (Lipinski definition) is 1. The molecule has 3 unspecified atom stereocenters. The Morgan fingerprint density at radius 3 is 2.35 bits per heavy atom. The van der Waals surface area contributed by atoms with Crippen LogP contribution >= 0.6 is 0 Å². The fourth-order valence-electron chi connectivity index (χ4n) is 3.06. The summed E-state index contributed by atoms with van der Waals surface area (Å²) >= 11 is 0. The van der Waals surface area contributed by atoms with Crippen molar-refractivity contribution in [3.63, 3.8) is 0 Å². The van der Waals surface area contributed by atoms with E-state index < -0.39 is 0 Å². The van der Waals surface area contributed by atoms with E-state index in [1.54, 1.807) is 0 Å². The monoisotopic (exact) mass is 283 g/mol. The number of nitrogens with one attached hydrogen (secondary N) is 1. The number of amides is 1. The third-order valence-corrected chi connectivity index (χ3v) is 4.44. The van der Waals surface area contributed by atoms with Gasteiger partial charge in [-0.25, -0.2) is 0 Å². The zero-order chi connectivity index (χ0) is 15.3. The first-order chi connectivity index (χ1) is 9.42. The Balaban J connectivity index is 2.52. The van der Waals surface area contributed by atoms with Gasteiger partial charge in [0.25, 0.3) is 0 Å². The molecule has 0 aromatic heterocycles. The van der Waals surface area contributed by atoms with E-state index in [0.717, 1.165) is 32.5 Å². The van der Waals surface area contributed by atoms with Crippen LogP contribution in [0.1, 0.15) is 54.4 Å². The molecule has 3 atom stereocenters. The van der Waals surface area contributed by atoms with E-state index in [1.165, 1.54) is 0 Å². The topological polar surface area (TPSA) is 35.6 Å². The predicted octanol–water partition coefficient (Wildman–Crippen LogP) is 2.30. The average Bonchev–Trinajstić information content (AvgIpc) is 2.71. The van der Waals surface area contributed by atoms with Gasteiger partial charge in [0.15, 0.2) is 0 Å². The molecule has 0 bridgehead atoms. The predicted molar refractivity (Wildman–Crippen MR) is 84.6 cm³/mol. The van der Waals surface area contributed by atoms with Crippen LogP contribution in [0, 0.1) is 5.92 Å². The fourth-order valence-corrected chi connectivity index (χ4v) is 3.06. The first kappa shape index (κ1) is 17.4. The lowest BCUT2D eigenvalue weighted by molar-refractivity contribution is -0.132. The lowest BCUT2D eigenvalue weighted by Gasteiger charge is -2.33. The molecule has 0 aliphatic carbocycles. The molecule has 1 heterocycles. The van der Waals surface area contributed by atoms with Gasteiger partial charge < -0.3 is 9.80 Å². The largest absolute Gasteiger partial charge is 0.323 e. The summed E-state index contributed by atoms with van der Waals surface area (Å²) in [6.07, 6.45) is 2.44. The van der Waals surface area contributed by atoms with Crippen LogP contribution in [0.2, 0.25) is 0 Å². The van der Waals surface area contributed by atoms with Crippen molar-refractivity contribution in [3.05, 3.63) is 0 Å². The highest BCUT2D eigenvalue weighted by Crippen LogP contribution is 2.22. The summed E-state index contributed by atoms with van der Waals surface area (Å²) in [4.78, 5) is 16.8. The molecule has 0 spiro atoms. The summed E-state index contributed by atoms with van der Waals surface area (Å²) in [5.74, 6) is 0.716. The Morgan fingerprint density at radius 1 is 1.25 bits per heavy atom. The summed E-state index contributed by atoms with van der Waals surface area (Å²) in [5, 5.41) is 3.42. The minimum atomic E-state index is -0.0346. The quantitative estimate of drug-likeness (QED) is 0.742. The van der Waals surface area contributed by atoms with Crippen LogP contribution < -0.4 is 5.32 Å². The summed E-state index contributed by atoms with van der Waals surface area (Å²) in [6.45, 7) is 16.3. The Kier molecular flexibility index (Phi) is 6.96. The number of carbonyl (C=O) groups is 1. The van der Waals surface area contributed by atoms with Crippen molar-refractivity contribution in [2.75, 3.05) is 19.6 Å². The molecule has 1 N–H and O–H groups in total. The lowest BCUT2D eigenvalue weighted by atomic mass is 10.1. The van der Waals surface area contributed by atoms with Crippen LogP contribution in [0.3, 0.4) is 0 Å². The smallest absolute Gasteiger partial charge is 0.240 e. The zero-order valence-electron chi connectivity index (χ0n) is 14.1. The molecular weight excluding hydrogens is 250 g/mol. The molecule has 1 amide bonds. The van der Waals surface area contributed by atoms with Gasteiger partial charge in [0.1, 0.15) is 0 Å². The molecule has 1 saturated heterocycles. The lowest BCUT2D eigenvalue weighted by Crippen LogP contribution is -2.46. The van der Waals surface area contributed by atoms with Crippen molar-refractivity contribution in [3.8, 4) is 0 Å². The van der Waals surface area contributed by atoms with Crippen LogP contribution in [0.15, 0.2) is 0 Å². The van der Waals surface area contributed by atoms with Crippen molar-refractivity contribution < 1.29 is 4.79 Å². The van der Waals surface area contributed by atoms with Gasteiger partial charge in [-0.05, 0) is 52.2 Å². The van der Waals surface area contributed by atoms with E-state index in [9.17, 15) is 4.79 Å². The third-order valence-electron chi connectivity index (χ3n) is 4.44. The molecular formula is C16H33N3O. The van der Waals surface area contributed by atoms with Crippen molar-refractivity contribution in [2.24, 2.45) is 5.92 Å². The standard InChI is InChI=1S/C16H33N3O/c1-7-18(8-2)11-9-10-13(5)19-15(12(3)4)17-14(6)16(19)20/h12-15,17H,7-11H2,1-6H3. The van der Waals surface area contributed by atoms with Crippen molar-refractivity contribution in [2.45, 2.75) is 72.6 Å². The average molecular weight is 283 g/mol. The van der Waals surface area contributed by atoms with Crippen molar-refractivity contribution >= 4 is 5.91 Å². The maximum absolute atomic E-state index is 12.3. The molecule has 1 rings (SSSR count). The molecule has 20 heavy (non-hydrogen) atoms. The number of carbonyl (C=O) groups excluding carboxylic acids is 1. The highest BCUT2D eigenvalue weighted by atomic mass is 16.2. The van der Waals surface area contributed by atoms with E-state index in [4.69, 9.17) is 0 Å². The van der Waals surface area contributed by atoms with Crippen LogP contribution in [0.4, 0.5) is 0 Å². The molecule has 0 aromatic carbocycles. The second kappa shape index (κ2) is 7.99. The van der Waals surface area contributed by atoms with Gasteiger partial charge in [-0.1, -0.05) is 27.7 Å².